The van der Waals surface area contributed by atoms with Crippen molar-refractivity contribution in [2.24, 2.45) is 0 Å². The van der Waals surface area contributed by atoms with Crippen LogP contribution >= 0.6 is 0 Å². The lowest BCUT2D eigenvalue weighted by Crippen LogP contribution is -2.23. The zero-order valence-electron chi connectivity index (χ0n) is 14.6. The third-order valence-corrected chi connectivity index (χ3v) is 3.97. The number of rotatable bonds is 5. The summed E-state index contributed by atoms with van der Waals surface area (Å²) in [5.74, 6) is -0.676. The molecule has 3 rings (SSSR count). The second-order valence-corrected chi connectivity index (χ2v) is 5.89. The number of H-pyrrole nitrogens is 1. The van der Waals surface area contributed by atoms with E-state index in [1.165, 1.54) is 43.5 Å². The number of hydrogen-bond acceptors (Lipinski definition) is 3. The summed E-state index contributed by atoms with van der Waals surface area (Å²) in [7, 11) is 1.42. The second-order valence-electron chi connectivity index (χ2n) is 5.89. The Morgan fingerprint density at radius 3 is 2.68 bits per heavy atom. The quantitative estimate of drug-likeness (QED) is 0.640. The highest BCUT2D eigenvalue weighted by Gasteiger charge is 2.30. The molecule has 1 aromatic heterocycles. The summed E-state index contributed by atoms with van der Waals surface area (Å²) in [4.78, 5) is 12.3. The van der Waals surface area contributed by atoms with Gasteiger partial charge in [-0.3, -0.25) is 9.89 Å². The monoisotopic (exact) mass is 393 g/mol. The Kier molecular flexibility index (Phi) is 5.34. The molecule has 2 N–H and O–H groups in total. The maximum Gasteiger partial charge on any atom is 0.416 e. The second kappa shape index (κ2) is 7.71. The van der Waals surface area contributed by atoms with Crippen molar-refractivity contribution in [3.8, 4) is 17.0 Å². The Morgan fingerprint density at radius 1 is 1.18 bits per heavy atom. The number of hydrogen-bond donors (Lipinski definition) is 2. The molecule has 0 radical (unpaired) electrons. The number of aromatic nitrogens is 2. The molecule has 5 nitrogen and oxygen atoms in total. The average molecular weight is 393 g/mol. The van der Waals surface area contributed by atoms with Crippen LogP contribution in [0.3, 0.4) is 0 Å². The van der Waals surface area contributed by atoms with E-state index >= 15 is 0 Å². The van der Waals surface area contributed by atoms with Crippen LogP contribution in [-0.2, 0) is 12.7 Å². The van der Waals surface area contributed by atoms with Crippen molar-refractivity contribution in [1.82, 2.24) is 15.5 Å². The van der Waals surface area contributed by atoms with Gasteiger partial charge >= 0.3 is 6.18 Å². The number of ether oxygens (including phenoxy) is 1. The molecule has 2 aromatic carbocycles. The zero-order valence-corrected chi connectivity index (χ0v) is 14.6. The number of alkyl halides is 3. The standard InChI is InChI=1S/C19H15F4N3O2/c1-28-17-6-5-13(20)8-14(17)15-9-16(26-25-15)18(27)24-10-11-3-2-4-12(7-11)19(21,22)23/h2-9H,10H2,1H3,(H,24,27)(H,25,26). The number of nitrogens with one attached hydrogen (secondary N) is 2. The van der Waals surface area contributed by atoms with Crippen molar-refractivity contribution in [3.05, 3.63) is 71.2 Å². The van der Waals surface area contributed by atoms with Gasteiger partial charge in [0, 0.05) is 12.1 Å². The fraction of sp³-hybridized carbons (Fsp3) is 0.158. The lowest BCUT2D eigenvalue weighted by molar-refractivity contribution is -0.137. The summed E-state index contributed by atoms with van der Waals surface area (Å²) in [6.45, 7) is -0.0968. The number of amides is 1. The van der Waals surface area contributed by atoms with Gasteiger partial charge < -0.3 is 10.1 Å². The van der Waals surface area contributed by atoms with E-state index in [2.05, 4.69) is 15.5 Å². The molecule has 146 valence electrons. The molecule has 28 heavy (non-hydrogen) atoms. The number of benzene rings is 2. The highest BCUT2D eigenvalue weighted by Crippen LogP contribution is 2.30. The molecule has 0 aliphatic rings. The normalized spacial score (nSPS) is 11.3. The smallest absolute Gasteiger partial charge is 0.416 e. The molecular formula is C19H15F4N3O2. The van der Waals surface area contributed by atoms with E-state index in [9.17, 15) is 22.4 Å². The summed E-state index contributed by atoms with van der Waals surface area (Å²) in [6.07, 6.45) is -4.46. The molecule has 0 aliphatic heterocycles. The fourth-order valence-electron chi connectivity index (χ4n) is 2.59. The maximum atomic E-state index is 13.5. The average Bonchev–Trinajstić information content (AvgIpc) is 3.16. The third-order valence-electron chi connectivity index (χ3n) is 3.97. The van der Waals surface area contributed by atoms with Crippen molar-refractivity contribution in [2.75, 3.05) is 7.11 Å². The molecule has 0 saturated heterocycles. The number of nitrogens with zero attached hydrogens (tertiary/aromatic N) is 1. The van der Waals surface area contributed by atoms with E-state index in [1.807, 2.05) is 0 Å². The minimum atomic E-state index is -4.46. The van der Waals surface area contributed by atoms with E-state index in [0.717, 1.165) is 12.1 Å². The summed E-state index contributed by atoms with van der Waals surface area (Å²) < 4.78 is 56.9. The lowest BCUT2D eigenvalue weighted by Gasteiger charge is -2.09. The molecule has 0 bridgehead atoms. The van der Waals surface area contributed by atoms with Crippen molar-refractivity contribution in [1.29, 1.82) is 0 Å². The third kappa shape index (κ3) is 4.30. The van der Waals surface area contributed by atoms with Gasteiger partial charge in [0.2, 0.25) is 0 Å². The first-order valence-corrected chi connectivity index (χ1v) is 8.11. The van der Waals surface area contributed by atoms with Crippen molar-refractivity contribution in [3.63, 3.8) is 0 Å². The highest BCUT2D eigenvalue weighted by molar-refractivity contribution is 5.93. The first kappa shape index (κ1) is 19.4. The van der Waals surface area contributed by atoms with Crippen LogP contribution < -0.4 is 10.1 Å². The van der Waals surface area contributed by atoms with Crippen LogP contribution in [0, 0.1) is 5.82 Å². The lowest BCUT2D eigenvalue weighted by atomic mass is 10.1. The number of carbonyl (C=O) groups excluding carboxylic acids is 1. The molecule has 9 heteroatoms. The van der Waals surface area contributed by atoms with Gasteiger partial charge in [-0.2, -0.15) is 18.3 Å². The zero-order chi connectivity index (χ0) is 20.3. The topological polar surface area (TPSA) is 67.0 Å². The van der Waals surface area contributed by atoms with Crippen LogP contribution in [0.1, 0.15) is 21.6 Å². The Hall–Kier alpha value is -3.36. The number of halogens is 4. The fourth-order valence-corrected chi connectivity index (χ4v) is 2.59. The number of carbonyl (C=O) groups is 1. The van der Waals surface area contributed by atoms with E-state index in [-0.39, 0.29) is 12.2 Å². The Balaban J connectivity index is 1.73. The molecule has 3 aromatic rings. The van der Waals surface area contributed by atoms with Gasteiger partial charge in [-0.1, -0.05) is 12.1 Å². The van der Waals surface area contributed by atoms with Gasteiger partial charge in [0.1, 0.15) is 17.3 Å². The number of aromatic amines is 1. The van der Waals surface area contributed by atoms with Gasteiger partial charge in [-0.25, -0.2) is 4.39 Å². The SMILES string of the molecule is COc1ccc(F)cc1-c1cc(C(=O)NCc2cccc(C(F)(F)F)c2)[nH]n1. The van der Waals surface area contributed by atoms with Crippen LogP contribution in [-0.4, -0.2) is 23.2 Å². The molecule has 0 saturated carbocycles. The molecule has 0 aliphatic carbocycles. The predicted octanol–water partition coefficient (Wildman–Crippen LogP) is 4.17. The van der Waals surface area contributed by atoms with Gasteiger partial charge in [-0.15, -0.1) is 0 Å². The van der Waals surface area contributed by atoms with Crippen LogP contribution in [0.2, 0.25) is 0 Å². The molecule has 0 unspecified atom stereocenters. The van der Waals surface area contributed by atoms with Crippen molar-refractivity contribution >= 4 is 5.91 Å². The summed E-state index contributed by atoms with van der Waals surface area (Å²) in [5.41, 5.74) is 0.237. The predicted molar refractivity (Wildman–Crippen MR) is 93.1 cm³/mol. The van der Waals surface area contributed by atoms with Gasteiger partial charge in [0.25, 0.3) is 5.91 Å². The largest absolute Gasteiger partial charge is 0.496 e. The molecule has 1 heterocycles. The molecular weight excluding hydrogens is 378 g/mol. The maximum absolute atomic E-state index is 13.5. The molecule has 0 fully saturated rings. The summed E-state index contributed by atoms with van der Waals surface area (Å²) >= 11 is 0. The van der Waals surface area contributed by atoms with Crippen molar-refractivity contribution < 1.29 is 27.1 Å². The minimum Gasteiger partial charge on any atom is -0.496 e. The van der Waals surface area contributed by atoms with Crippen LogP contribution in [0.4, 0.5) is 17.6 Å². The van der Waals surface area contributed by atoms with Gasteiger partial charge in [-0.05, 0) is 42.0 Å². The van der Waals surface area contributed by atoms with Crippen LogP contribution in [0.15, 0.2) is 48.5 Å². The minimum absolute atomic E-state index is 0.0771. The first-order valence-electron chi connectivity index (χ1n) is 8.11. The Bertz CT molecular complexity index is 999. The molecule has 0 spiro atoms. The molecule has 1 amide bonds. The van der Waals surface area contributed by atoms with E-state index in [4.69, 9.17) is 4.74 Å². The molecule has 0 atom stereocenters. The van der Waals surface area contributed by atoms with E-state index in [1.54, 1.807) is 0 Å². The number of methoxy groups -OCH3 is 1. The first-order chi connectivity index (χ1) is 13.3. The Labute approximate surface area is 157 Å². The summed E-state index contributed by atoms with van der Waals surface area (Å²) in [5, 5.41) is 9.02. The van der Waals surface area contributed by atoms with Gasteiger partial charge in [0.15, 0.2) is 0 Å². The Morgan fingerprint density at radius 2 is 1.96 bits per heavy atom. The summed E-state index contributed by atoms with van der Waals surface area (Å²) in [6, 6.07) is 9.97. The highest BCUT2D eigenvalue weighted by atomic mass is 19.4. The van der Waals surface area contributed by atoms with Crippen LogP contribution in [0.25, 0.3) is 11.3 Å². The van der Waals surface area contributed by atoms with E-state index in [0.29, 0.717) is 22.6 Å². The van der Waals surface area contributed by atoms with Gasteiger partial charge in [0.05, 0.1) is 18.4 Å². The van der Waals surface area contributed by atoms with Crippen molar-refractivity contribution in [2.45, 2.75) is 12.7 Å². The van der Waals surface area contributed by atoms with E-state index < -0.39 is 23.5 Å². The van der Waals surface area contributed by atoms with Crippen LogP contribution in [0.5, 0.6) is 5.75 Å².